The van der Waals surface area contributed by atoms with E-state index in [1.54, 1.807) is 0 Å². The molecule has 0 aromatic carbocycles. The van der Waals surface area contributed by atoms with Crippen molar-refractivity contribution in [3.05, 3.63) is 0 Å². The number of hydrogen-bond acceptors (Lipinski definition) is 21. The average Bonchev–Trinajstić information content (AvgIpc) is 3.21. The molecule has 2 rings (SSSR count). The zero-order chi connectivity index (χ0) is 48.1. The van der Waals surface area contributed by atoms with Crippen molar-refractivity contribution in [1.29, 1.82) is 0 Å². The molecule has 2 aliphatic heterocycles. The van der Waals surface area contributed by atoms with Crippen molar-refractivity contribution in [3.8, 4) is 0 Å². The van der Waals surface area contributed by atoms with E-state index in [0.29, 0.717) is 32.2 Å². The van der Waals surface area contributed by atoms with Crippen molar-refractivity contribution < 1.29 is 95.1 Å². The Morgan fingerprint density at radius 2 is 0.815 bits per heavy atom. The Morgan fingerprint density at radius 3 is 1.31 bits per heavy atom. The number of hydrogen-bond donors (Lipinski definition) is 0. The SMILES string of the molecule is CCCCCCCCCCCCOCCOCCOCCS[C@@H]1O[C@H](COC(C)=O)[C@@H](O[C@@H]2O[C@H](COC(C)=O)[C@H](OC(C)=O)[C@H](OC(C)=O)[C@H]2OC(C)=O)[C@H](OC(C)=O)[C@H]1OC(C)=O. The maximum atomic E-state index is 12.7. The first-order chi connectivity index (χ1) is 31.0. The normalized spacial score (nSPS) is 25.2. The minimum atomic E-state index is -1.77. The molecule has 2 heterocycles. The summed E-state index contributed by atoms with van der Waals surface area (Å²) in [6.45, 7) is 11.3. The fourth-order valence-corrected chi connectivity index (χ4v) is 8.13. The Hall–Kier alpha value is -3.60. The third-order valence-corrected chi connectivity index (χ3v) is 10.9. The lowest BCUT2D eigenvalue weighted by molar-refractivity contribution is -0.341. The first-order valence-electron chi connectivity index (χ1n) is 22.5. The summed E-state index contributed by atoms with van der Waals surface area (Å²) in [6.07, 6.45) is -0.960. The van der Waals surface area contributed by atoms with Gasteiger partial charge in [-0.15, -0.1) is 11.8 Å². The molecule has 0 radical (unpaired) electrons. The van der Waals surface area contributed by atoms with Crippen LogP contribution < -0.4 is 0 Å². The van der Waals surface area contributed by atoms with Crippen molar-refractivity contribution in [2.24, 2.45) is 0 Å². The summed E-state index contributed by atoms with van der Waals surface area (Å²) in [5.74, 6) is -5.37. The molecular formula is C44H72O20S. The van der Waals surface area contributed by atoms with Crippen LogP contribution in [-0.4, -0.2) is 161 Å². The lowest BCUT2D eigenvalue weighted by Gasteiger charge is -2.48. The van der Waals surface area contributed by atoms with Gasteiger partial charge in [0.15, 0.2) is 36.8 Å². The number of ether oxygens (including phenoxy) is 13. The molecule has 10 atom stereocenters. The van der Waals surface area contributed by atoms with Gasteiger partial charge in [0.05, 0.1) is 33.0 Å². The standard InChI is InChI=1S/C44H72O20S/c1-9-10-11-12-13-14-15-16-17-18-19-52-20-21-53-22-23-54-24-25-65-44-42(61-34(8)51)40(59-32(6)49)38(36(63-44)27-56-29(3)46)64-43-41(60-33(7)50)39(58-31(5)48)37(57-30(4)47)35(62-43)26-55-28(2)45/h35-44H,9-27H2,1-8H3/t35-,36-,37+,38-,39+,40+,41-,42-,43+,44+/m1/s1. The van der Waals surface area contributed by atoms with Gasteiger partial charge in [-0.25, -0.2) is 0 Å². The van der Waals surface area contributed by atoms with Crippen molar-refractivity contribution in [1.82, 2.24) is 0 Å². The summed E-state index contributed by atoms with van der Waals surface area (Å²) < 4.78 is 74.4. The van der Waals surface area contributed by atoms with Gasteiger partial charge in [-0.3, -0.25) is 33.6 Å². The highest BCUT2D eigenvalue weighted by atomic mass is 32.2. The number of carbonyl (C=O) groups is 7. The van der Waals surface area contributed by atoms with Crippen LogP contribution >= 0.6 is 11.8 Å². The van der Waals surface area contributed by atoms with Crippen LogP contribution in [0.3, 0.4) is 0 Å². The first kappa shape index (κ1) is 57.5. The van der Waals surface area contributed by atoms with Crippen LogP contribution in [-0.2, 0) is 95.1 Å². The maximum Gasteiger partial charge on any atom is 0.303 e. The molecule has 0 saturated carbocycles. The van der Waals surface area contributed by atoms with E-state index in [-0.39, 0.29) is 13.2 Å². The zero-order valence-electron chi connectivity index (χ0n) is 39.3. The number of rotatable bonds is 32. The van der Waals surface area contributed by atoms with E-state index >= 15 is 0 Å². The molecule has 0 amide bonds. The lowest BCUT2D eigenvalue weighted by atomic mass is 9.96. The van der Waals surface area contributed by atoms with E-state index in [9.17, 15) is 33.6 Å². The third kappa shape index (κ3) is 24.1. The summed E-state index contributed by atoms with van der Waals surface area (Å²) in [4.78, 5) is 86.4. The Morgan fingerprint density at radius 1 is 0.415 bits per heavy atom. The highest BCUT2D eigenvalue weighted by Crippen LogP contribution is 2.38. The Bertz CT molecular complexity index is 1450. The quantitative estimate of drug-likeness (QED) is 0.0518. The van der Waals surface area contributed by atoms with E-state index < -0.39 is 116 Å². The van der Waals surface area contributed by atoms with Crippen LogP contribution in [0.5, 0.6) is 0 Å². The Labute approximate surface area is 386 Å². The van der Waals surface area contributed by atoms with Gasteiger partial charge in [-0.1, -0.05) is 64.7 Å². The van der Waals surface area contributed by atoms with Gasteiger partial charge < -0.3 is 61.6 Å². The molecule has 0 spiro atoms. The predicted molar refractivity (Wildman–Crippen MR) is 230 cm³/mol. The molecule has 65 heavy (non-hydrogen) atoms. The molecule has 0 N–H and O–H groups in total. The van der Waals surface area contributed by atoms with Gasteiger partial charge in [-0.2, -0.15) is 0 Å². The number of unbranched alkanes of at least 4 members (excludes halogenated alkanes) is 9. The van der Waals surface area contributed by atoms with Gasteiger partial charge in [-0.05, 0) is 6.42 Å². The monoisotopic (exact) mass is 952 g/mol. The Balaban J connectivity index is 2.15. The van der Waals surface area contributed by atoms with E-state index in [1.807, 2.05) is 0 Å². The number of carbonyl (C=O) groups excluding carboxylic acids is 7. The number of esters is 7. The highest BCUT2D eigenvalue weighted by molar-refractivity contribution is 7.99. The second kappa shape index (κ2) is 33.0. The van der Waals surface area contributed by atoms with E-state index in [4.69, 9.17) is 61.6 Å². The van der Waals surface area contributed by atoms with E-state index in [1.165, 1.54) is 51.4 Å². The molecule has 0 bridgehead atoms. The van der Waals surface area contributed by atoms with Gasteiger partial charge in [0.2, 0.25) is 0 Å². The molecule has 0 aromatic rings. The fourth-order valence-electron chi connectivity index (χ4n) is 7.06. The van der Waals surface area contributed by atoms with Crippen LogP contribution in [0.4, 0.5) is 0 Å². The second-order valence-electron chi connectivity index (χ2n) is 15.6. The molecule has 21 heteroatoms. The average molecular weight is 953 g/mol. The van der Waals surface area contributed by atoms with Gasteiger partial charge in [0.1, 0.15) is 37.0 Å². The van der Waals surface area contributed by atoms with Crippen molar-refractivity contribution in [2.45, 2.75) is 180 Å². The largest absolute Gasteiger partial charge is 0.463 e. The first-order valence-corrected chi connectivity index (χ1v) is 23.5. The predicted octanol–water partition coefficient (Wildman–Crippen LogP) is 4.31. The maximum absolute atomic E-state index is 12.7. The second-order valence-corrected chi connectivity index (χ2v) is 16.8. The van der Waals surface area contributed by atoms with Gasteiger partial charge in [0.25, 0.3) is 0 Å². The number of thioether (sulfide) groups is 1. The topological polar surface area (TPSA) is 239 Å². The smallest absolute Gasteiger partial charge is 0.303 e. The van der Waals surface area contributed by atoms with Crippen LogP contribution in [0.25, 0.3) is 0 Å². The molecule has 374 valence electrons. The van der Waals surface area contributed by atoms with Crippen LogP contribution in [0.15, 0.2) is 0 Å². The summed E-state index contributed by atoms with van der Waals surface area (Å²) in [5.41, 5.74) is -1.05. The molecule has 0 unspecified atom stereocenters. The fraction of sp³-hybridized carbons (Fsp3) is 0.841. The Kier molecular flexibility index (Phi) is 29.2. The molecule has 20 nitrogen and oxygen atoms in total. The van der Waals surface area contributed by atoms with Gasteiger partial charge >= 0.3 is 41.8 Å². The molecule has 2 saturated heterocycles. The zero-order valence-corrected chi connectivity index (χ0v) is 40.1. The summed E-state index contributed by atoms with van der Waals surface area (Å²) in [7, 11) is 0. The minimum absolute atomic E-state index is 0.216. The summed E-state index contributed by atoms with van der Waals surface area (Å²) in [5, 5.41) is 0. The lowest BCUT2D eigenvalue weighted by Crippen LogP contribution is -2.66. The summed E-state index contributed by atoms with van der Waals surface area (Å²) in [6, 6.07) is 0. The summed E-state index contributed by atoms with van der Waals surface area (Å²) >= 11 is 1.16. The third-order valence-electron chi connectivity index (χ3n) is 9.78. The van der Waals surface area contributed by atoms with Crippen molar-refractivity contribution in [3.63, 3.8) is 0 Å². The molecule has 0 aromatic heterocycles. The minimum Gasteiger partial charge on any atom is -0.463 e. The van der Waals surface area contributed by atoms with Gasteiger partial charge in [0, 0.05) is 60.8 Å². The van der Waals surface area contributed by atoms with Crippen LogP contribution in [0.1, 0.15) is 120 Å². The van der Waals surface area contributed by atoms with Crippen molar-refractivity contribution >= 4 is 53.5 Å². The highest BCUT2D eigenvalue weighted by Gasteiger charge is 2.57. The van der Waals surface area contributed by atoms with Crippen molar-refractivity contribution in [2.75, 3.05) is 58.6 Å². The molecule has 2 aliphatic rings. The van der Waals surface area contributed by atoms with E-state index in [0.717, 1.165) is 73.1 Å². The van der Waals surface area contributed by atoms with E-state index in [2.05, 4.69) is 6.92 Å². The molecular weight excluding hydrogens is 881 g/mol. The van der Waals surface area contributed by atoms with Crippen LogP contribution in [0, 0.1) is 0 Å². The molecule has 2 fully saturated rings. The van der Waals surface area contributed by atoms with Crippen LogP contribution in [0.2, 0.25) is 0 Å². The molecule has 0 aliphatic carbocycles.